The van der Waals surface area contributed by atoms with Crippen molar-refractivity contribution >= 4 is 5.82 Å². The summed E-state index contributed by atoms with van der Waals surface area (Å²) < 4.78 is 13.4. The molecule has 0 unspecified atom stereocenters. The zero-order valence-corrected chi connectivity index (χ0v) is 12.4. The predicted molar refractivity (Wildman–Crippen MR) is 80.4 cm³/mol. The lowest BCUT2D eigenvalue weighted by Gasteiger charge is -2.15. The van der Waals surface area contributed by atoms with Crippen molar-refractivity contribution in [1.82, 2.24) is 9.97 Å². The quantitative estimate of drug-likeness (QED) is 0.909. The standard InChI is InChI=1S/C16H20FN3/c1-5-18-16-11(4)14(19-15(20-16)10(2)3)12-7-6-8-13(17)9-12/h6-10H,5H2,1-4H3,(H,18,19,20). The van der Waals surface area contributed by atoms with Crippen LogP contribution < -0.4 is 5.32 Å². The lowest BCUT2D eigenvalue weighted by Crippen LogP contribution is -2.09. The molecule has 0 bridgehead atoms. The van der Waals surface area contributed by atoms with Crippen molar-refractivity contribution in [3.05, 3.63) is 41.5 Å². The van der Waals surface area contributed by atoms with Crippen molar-refractivity contribution < 1.29 is 4.39 Å². The number of rotatable bonds is 4. The average Bonchev–Trinajstić information content (AvgIpc) is 2.41. The van der Waals surface area contributed by atoms with Gasteiger partial charge in [-0.05, 0) is 26.0 Å². The highest BCUT2D eigenvalue weighted by atomic mass is 19.1. The molecule has 0 radical (unpaired) electrons. The zero-order chi connectivity index (χ0) is 14.7. The number of hydrogen-bond donors (Lipinski definition) is 1. The monoisotopic (exact) mass is 273 g/mol. The largest absolute Gasteiger partial charge is 0.370 e. The van der Waals surface area contributed by atoms with E-state index in [4.69, 9.17) is 0 Å². The fourth-order valence-corrected chi connectivity index (χ4v) is 2.05. The van der Waals surface area contributed by atoms with Gasteiger partial charge in [-0.3, -0.25) is 0 Å². The second-order valence-electron chi connectivity index (χ2n) is 5.10. The molecule has 2 rings (SSSR count). The highest BCUT2D eigenvalue weighted by molar-refractivity contribution is 5.68. The normalized spacial score (nSPS) is 10.9. The van der Waals surface area contributed by atoms with E-state index in [-0.39, 0.29) is 11.7 Å². The summed E-state index contributed by atoms with van der Waals surface area (Å²) in [7, 11) is 0. The lowest BCUT2D eigenvalue weighted by molar-refractivity contribution is 0.628. The molecule has 0 amide bonds. The smallest absolute Gasteiger partial charge is 0.133 e. The molecule has 1 aromatic heterocycles. The van der Waals surface area contributed by atoms with Crippen molar-refractivity contribution in [2.24, 2.45) is 0 Å². The van der Waals surface area contributed by atoms with E-state index in [0.29, 0.717) is 0 Å². The van der Waals surface area contributed by atoms with E-state index >= 15 is 0 Å². The van der Waals surface area contributed by atoms with Crippen LogP contribution in [0.1, 0.15) is 38.1 Å². The summed E-state index contributed by atoms with van der Waals surface area (Å²) >= 11 is 0. The first-order valence-electron chi connectivity index (χ1n) is 6.91. The molecule has 20 heavy (non-hydrogen) atoms. The maximum atomic E-state index is 13.4. The average molecular weight is 273 g/mol. The number of hydrogen-bond acceptors (Lipinski definition) is 3. The second kappa shape index (κ2) is 5.99. The highest BCUT2D eigenvalue weighted by Gasteiger charge is 2.14. The Morgan fingerprint density at radius 2 is 2.00 bits per heavy atom. The first-order chi connectivity index (χ1) is 9.52. The minimum absolute atomic E-state index is 0.223. The molecule has 106 valence electrons. The van der Waals surface area contributed by atoms with Gasteiger partial charge in [-0.2, -0.15) is 0 Å². The lowest BCUT2D eigenvalue weighted by atomic mass is 10.1. The number of benzene rings is 1. The molecule has 0 atom stereocenters. The Labute approximate surface area is 119 Å². The molecule has 3 nitrogen and oxygen atoms in total. The Morgan fingerprint density at radius 3 is 2.60 bits per heavy atom. The summed E-state index contributed by atoms with van der Waals surface area (Å²) in [4.78, 5) is 9.16. The molecule has 0 saturated carbocycles. The fourth-order valence-electron chi connectivity index (χ4n) is 2.05. The van der Waals surface area contributed by atoms with E-state index in [2.05, 4.69) is 29.1 Å². The van der Waals surface area contributed by atoms with Gasteiger partial charge in [-0.1, -0.05) is 26.0 Å². The molecule has 2 aromatic rings. The van der Waals surface area contributed by atoms with Crippen LogP contribution in [-0.4, -0.2) is 16.5 Å². The van der Waals surface area contributed by atoms with E-state index in [1.54, 1.807) is 6.07 Å². The van der Waals surface area contributed by atoms with Gasteiger partial charge in [0.1, 0.15) is 17.5 Å². The summed E-state index contributed by atoms with van der Waals surface area (Å²) in [5.41, 5.74) is 2.52. The molecule has 4 heteroatoms. The van der Waals surface area contributed by atoms with Gasteiger partial charge in [-0.15, -0.1) is 0 Å². The van der Waals surface area contributed by atoms with Crippen LogP contribution in [0.2, 0.25) is 0 Å². The van der Waals surface area contributed by atoms with Crippen LogP contribution in [0.15, 0.2) is 24.3 Å². The van der Waals surface area contributed by atoms with Crippen LogP contribution in [0.25, 0.3) is 11.3 Å². The summed E-state index contributed by atoms with van der Waals surface area (Å²) in [6.07, 6.45) is 0. The van der Waals surface area contributed by atoms with E-state index in [9.17, 15) is 4.39 Å². The molecule has 0 aliphatic heterocycles. The third kappa shape index (κ3) is 2.95. The summed E-state index contributed by atoms with van der Waals surface area (Å²) in [5, 5.41) is 3.25. The Balaban J connectivity index is 2.61. The molecule has 1 N–H and O–H groups in total. The number of anilines is 1. The van der Waals surface area contributed by atoms with Crippen molar-refractivity contribution in [3.63, 3.8) is 0 Å². The second-order valence-corrected chi connectivity index (χ2v) is 5.10. The molecule has 0 saturated heterocycles. The van der Waals surface area contributed by atoms with Crippen LogP contribution in [0.4, 0.5) is 10.2 Å². The molecule has 1 aromatic carbocycles. The van der Waals surface area contributed by atoms with Crippen molar-refractivity contribution in [2.45, 2.75) is 33.6 Å². The van der Waals surface area contributed by atoms with Gasteiger partial charge < -0.3 is 5.32 Å². The maximum absolute atomic E-state index is 13.4. The first-order valence-corrected chi connectivity index (χ1v) is 6.91. The Morgan fingerprint density at radius 1 is 1.25 bits per heavy atom. The molecule has 1 heterocycles. The Hall–Kier alpha value is -1.97. The maximum Gasteiger partial charge on any atom is 0.133 e. The summed E-state index contributed by atoms with van der Waals surface area (Å²) in [6, 6.07) is 6.52. The van der Waals surface area contributed by atoms with Gasteiger partial charge in [0.05, 0.1) is 5.69 Å². The third-order valence-corrected chi connectivity index (χ3v) is 3.12. The van der Waals surface area contributed by atoms with Crippen molar-refractivity contribution in [2.75, 3.05) is 11.9 Å². The minimum Gasteiger partial charge on any atom is -0.370 e. The van der Waals surface area contributed by atoms with Crippen molar-refractivity contribution in [1.29, 1.82) is 0 Å². The topological polar surface area (TPSA) is 37.8 Å². The molecular weight excluding hydrogens is 253 g/mol. The molecule has 0 aliphatic rings. The third-order valence-electron chi connectivity index (χ3n) is 3.12. The SMILES string of the molecule is CCNc1nc(C(C)C)nc(-c2cccc(F)c2)c1C. The van der Waals surface area contributed by atoms with Crippen LogP contribution >= 0.6 is 0 Å². The highest BCUT2D eigenvalue weighted by Crippen LogP contribution is 2.28. The van der Waals surface area contributed by atoms with Crippen LogP contribution in [0.5, 0.6) is 0 Å². The van der Waals surface area contributed by atoms with Gasteiger partial charge in [0.25, 0.3) is 0 Å². The van der Waals surface area contributed by atoms with E-state index in [1.807, 2.05) is 19.9 Å². The molecule has 0 aliphatic carbocycles. The van der Waals surface area contributed by atoms with Crippen molar-refractivity contribution in [3.8, 4) is 11.3 Å². The van der Waals surface area contributed by atoms with Gasteiger partial charge >= 0.3 is 0 Å². The number of nitrogens with zero attached hydrogens (tertiary/aromatic N) is 2. The fraction of sp³-hybridized carbons (Fsp3) is 0.375. The van der Waals surface area contributed by atoms with Gasteiger partial charge in [-0.25, -0.2) is 14.4 Å². The predicted octanol–water partition coefficient (Wildman–Crippen LogP) is 4.15. The van der Waals surface area contributed by atoms with E-state index < -0.39 is 0 Å². The Bertz CT molecular complexity index is 609. The van der Waals surface area contributed by atoms with E-state index in [0.717, 1.165) is 35.0 Å². The van der Waals surface area contributed by atoms with Gasteiger partial charge in [0.15, 0.2) is 0 Å². The number of halogens is 1. The van der Waals surface area contributed by atoms with E-state index in [1.165, 1.54) is 12.1 Å². The van der Waals surface area contributed by atoms with Gasteiger partial charge in [0.2, 0.25) is 0 Å². The first kappa shape index (κ1) is 14.4. The van der Waals surface area contributed by atoms with Crippen LogP contribution in [0, 0.1) is 12.7 Å². The van der Waals surface area contributed by atoms with Gasteiger partial charge in [0, 0.05) is 23.6 Å². The zero-order valence-electron chi connectivity index (χ0n) is 12.4. The number of nitrogens with one attached hydrogen (secondary N) is 1. The molecular formula is C16H20FN3. The molecule has 0 spiro atoms. The van der Waals surface area contributed by atoms with Crippen LogP contribution in [0.3, 0.4) is 0 Å². The minimum atomic E-state index is -0.253. The number of aromatic nitrogens is 2. The Kier molecular flexibility index (Phi) is 4.32. The summed E-state index contributed by atoms with van der Waals surface area (Å²) in [6.45, 7) is 8.88. The summed E-state index contributed by atoms with van der Waals surface area (Å²) in [5.74, 6) is 1.56. The van der Waals surface area contributed by atoms with Crippen LogP contribution in [-0.2, 0) is 0 Å². The molecule has 0 fully saturated rings.